The molecule has 0 spiro atoms. The molecule has 0 bridgehead atoms. The monoisotopic (exact) mass is 295 g/mol. The third kappa shape index (κ3) is 1.65. The van der Waals surface area contributed by atoms with Gasteiger partial charge in [-0.15, -0.1) is 11.3 Å². The van der Waals surface area contributed by atoms with Crippen LogP contribution in [0.2, 0.25) is 0 Å². The fourth-order valence-corrected chi connectivity index (χ4v) is 1.83. The zero-order chi connectivity index (χ0) is 6.97. The van der Waals surface area contributed by atoms with Crippen LogP contribution in [0.15, 0.2) is 17.8 Å². The molecule has 0 unspecified atom stereocenters. The largest absolute Gasteiger partial charge is 1.00 e. The Morgan fingerprint density at radius 3 is 3.09 bits per heavy atom. The van der Waals surface area contributed by atoms with Gasteiger partial charge in [0.15, 0.2) is 4.96 Å². The minimum atomic E-state index is 0. The molecule has 2 heterocycles. The molecule has 0 aliphatic heterocycles. The zero-order valence-electron chi connectivity index (χ0n) is 5.50. The predicted octanol–water partition coefficient (Wildman–Crippen LogP) is -0.705. The van der Waals surface area contributed by atoms with E-state index in [2.05, 4.69) is 20.9 Å². The van der Waals surface area contributed by atoms with Crippen LogP contribution in [-0.2, 0) is 5.33 Å². The highest BCUT2D eigenvalue weighted by Gasteiger charge is 1.98. The third-order valence-corrected chi connectivity index (χ3v) is 2.63. The molecule has 60 valence electrons. The Morgan fingerprint density at radius 2 is 2.45 bits per heavy atom. The van der Waals surface area contributed by atoms with Crippen LogP contribution in [0.1, 0.15) is 5.69 Å². The van der Waals surface area contributed by atoms with Gasteiger partial charge in [-0.3, -0.25) is 4.40 Å². The normalized spacial score (nSPS) is 9.91. The Morgan fingerprint density at radius 1 is 1.64 bits per heavy atom. The number of halogens is 2. The van der Waals surface area contributed by atoms with Crippen molar-refractivity contribution < 1.29 is 17.0 Å². The van der Waals surface area contributed by atoms with E-state index in [1.54, 1.807) is 11.3 Å². The lowest BCUT2D eigenvalue weighted by atomic mass is 10.6. The first-order valence-electron chi connectivity index (χ1n) is 2.87. The molecule has 2 rings (SSSR count). The molecule has 0 aliphatic rings. The van der Waals surface area contributed by atoms with Crippen LogP contribution in [0.5, 0.6) is 0 Å². The maximum Gasteiger partial charge on any atom is 0.193 e. The molecule has 0 saturated carbocycles. The summed E-state index contributed by atoms with van der Waals surface area (Å²) in [5.41, 5.74) is 1.09. The second kappa shape index (κ2) is 3.69. The van der Waals surface area contributed by atoms with Crippen molar-refractivity contribution >= 4 is 32.2 Å². The van der Waals surface area contributed by atoms with Gasteiger partial charge < -0.3 is 17.0 Å². The molecule has 0 saturated heterocycles. The minimum absolute atomic E-state index is 0. The highest BCUT2D eigenvalue weighted by atomic mass is 79.9. The predicted molar refractivity (Wildman–Crippen MR) is 45.7 cm³/mol. The van der Waals surface area contributed by atoms with E-state index < -0.39 is 0 Å². The van der Waals surface area contributed by atoms with Crippen LogP contribution < -0.4 is 17.0 Å². The van der Waals surface area contributed by atoms with Crippen LogP contribution in [0.4, 0.5) is 0 Å². The van der Waals surface area contributed by atoms with Crippen LogP contribution in [0, 0.1) is 0 Å². The molecular formula is C6H5Br2N2S-. The first-order chi connectivity index (χ1) is 4.90. The first-order valence-corrected chi connectivity index (χ1v) is 4.87. The molecule has 5 heteroatoms. The van der Waals surface area contributed by atoms with Gasteiger partial charge in [0.05, 0.1) is 5.69 Å². The number of rotatable bonds is 1. The van der Waals surface area contributed by atoms with Gasteiger partial charge in [0.25, 0.3) is 0 Å². The van der Waals surface area contributed by atoms with Gasteiger partial charge in [-0.2, -0.15) is 0 Å². The summed E-state index contributed by atoms with van der Waals surface area (Å²) in [4.78, 5) is 5.39. The lowest BCUT2D eigenvalue weighted by Crippen LogP contribution is -3.00. The van der Waals surface area contributed by atoms with E-state index in [-0.39, 0.29) is 17.0 Å². The average molecular weight is 297 g/mol. The summed E-state index contributed by atoms with van der Waals surface area (Å²) in [7, 11) is 0. The Hall–Kier alpha value is 0.130. The first kappa shape index (κ1) is 9.22. The number of hydrogen-bond acceptors (Lipinski definition) is 2. The van der Waals surface area contributed by atoms with Crippen molar-refractivity contribution in [1.82, 2.24) is 9.38 Å². The molecule has 0 aliphatic carbocycles. The molecule has 0 fully saturated rings. The van der Waals surface area contributed by atoms with E-state index in [0.717, 1.165) is 16.0 Å². The second-order valence-electron chi connectivity index (χ2n) is 1.96. The Bertz CT molecular complexity index is 312. The maximum atomic E-state index is 4.33. The molecule has 0 radical (unpaired) electrons. The summed E-state index contributed by atoms with van der Waals surface area (Å²) in [6, 6.07) is 0. The zero-order valence-corrected chi connectivity index (χ0v) is 9.49. The van der Waals surface area contributed by atoms with E-state index in [1.165, 1.54) is 0 Å². The Kier molecular flexibility index (Phi) is 3.09. The maximum absolute atomic E-state index is 4.33. The van der Waals surface area contributed by atoms with E-state index in [1.807, 2.05) is 22.2 Å². The molecule has 0 atom stereocenters. The average Bonchev–Trinajstić information content (AvgIpc) is 2.42. The number of nitrogens with zero attached hydrogens (tertiary/aromatic N) is 2. The lowest BCUT2D eigenvalue weighted by Gasteiger charge is -1.77. The summed E-state index contributed by atoms with van der Waals surface area (Å²) in [5.74, 6) is 0. The second-order valence-corrected chi connectivity index (χ2v) is 3.39. The van der Waals surface area contributed by atoms with Crippen molar-refractivity contribution in [2.45, 2.75) is 5.33 Å². The number of aromatic nitrogens is 2. The molecule has 2 aromatic heterocycles. The van der Waals surface area contributed by atoms with Gasteiger partial charge in [0.2, 0.25) is 0 Å². The van der Waals surface area contributed by atoms with E-state index >= 15 is 0 Å². The smallest absolute Gasteiger partial charge is 0.193 e. The summed E-state index contributed by atoms with van der Waals surface area (Å²) in [6.07, 6.45) is 4.04. The lowest BCUT2D eigenvalue weighted by molar-refractivity contribution is -0.00000197. The van der Waals surface area contributed by atoms with Gasteiger partial charge in [0, 0.05) is 23.1 Å². The molecule has 0 N–H and O–H groups in total. The highest BCUT2D eigenvalue weighted by molar-refractivity contribution is 9.08. The number of imidazole rings is 1. The molecular weight excluding hydrogens is 292 g/mol. The topological polar surface area (TPSA) is 17.3 Å². The molecule has 0 amide bonds. The van der Waals surface area contributed by atoms with E-state index in [4.69, 9.17) is 0 Å². The fraction of sp³-hybridized carbons (Fsp3) is 0.167. The fourth-order valence-electron chi connectivity index (χ4n) is 0.840. The molecule has 11 heavy (non-hydrogen) atoms. The van der Waals surface area contributed by atoms with Crippen LogP contribution in [-0.4, -0.2) is 9.38 Å². The minimum Gasteiger partial charge on any atom is -1.00 e. The van der Waals surface area contributed by atoms with Crippen LogP contribution in [0.25, 0.3) is 4.96 Å². The number of thiazole rings is 1. The van der Waals surface area contributed by atoms with E-state index in [9.17, 15) is 0 Å². The van der Waals surface area contributed by atoms with Gasteiger partial charge >= 0.3 is 0 Å². The third-order valence-electron chi connectivity index (χ3n) is 1.28. The summed E-state index contributed by atoms with van der Waals surface area (Å²) < 4.78 is 2.03. The number of hydrogen-bond donors (Lipinski definition) is 0. The number of fused-ring (bicyclic) bond motifs is 1. The van der Waals surface area contributed by atoms with Crippen molar-refractivity contribution in [3.8, 4) is 0 Å². The van der Waals surface area contributed by atoms with Crippen molar-refractivity contribution in [3.05, 3.63) is 23.5 Å². The Labute approximate surface area is 87.2 Å². The summed E-state index contributed by atoms with van der Waals surface area (Å²) in [5, 5.41) is 2.86. The van der Waals surface area contributed by atoms with Crippen LogP contribution in [0.3, 0.4) is 0 Å². The SMILES string of the molecule is BrCc1cn2ccsc2n1.[Br-]. The van der Waals surface area contributed by atoms with Gasteiger partial charge in [-0.1, -0.05) is 15.9 Å². The quantitative estimate of drug-likeness (QED) is 0.636. The molecule has 2 nitrogen and oxygen atoms in total. The number of alkyl halides is 1. The van der Waals surface area contributed by atoms with Gasteiger partial charge in [-0.05, 0) is 0 Å². The molecule has 0 aromatic carbocycles. The van der Waals surface area contributed by atoms with E-state index in [0.29, 0.717) is 0 Å². The van der Waals surface area contributed by atoms with Gasteiger partial charge in [0.1, 0.15) is 0 Å². The Balaban J connectivity index is 0.000000605. The van der Waals surface area contributed by atoms with Crippen LogP contribution >= 0.6 is 27.3 Å². The molecule has 2 aromatic rings. The van der Waals surface area contributed by atoms with Crippen molar-refractivity contribution in [3.63, 3.8) is 0 Å². The van der Waals surface area contributed by atoms with Crippen molar-refractivity contribution in [2.75, 3.05) is 0 Å². The summed E-state index contributed by atoms with van der Waals surface area (Å²) in [6.45, 7) is 0. The van der Waals surface area contributed by atoms with Crippen molar-refractivity contribution in [2.24, 2.45) is 0 Å². The van der Waals surface area contributed by atoms with Crippen molar-refractivity contribution in [1.29, 1.82) is 0 Å². The summed E-state index contributed by atoms with van der Waals surface area (Å²) >= 11 is 5.00. The standard InChI is InChI=1S/C6H5BrN2S.BrH/c7-3-5-4-9-1-2-10-6(9)8-5;/h1-2,4H,3H2;1H/p-1. The van der Waals surface area contributed by atoms with Gasteiger partial charge in [-0.25, -0.2) is 4.98 Å². The highest BCUT2D eigenvalue weighted by Crippen LogP contribution is 2.12.